The van der Waals surface area contributed by atoms with Crippen LogP contribution in [-0.4, -0.2) is 53.6 Å². The molecule has 0 heterocycles. The summed E-state index contributed by atoms with van der Waals surface area (Å²) in [6.45, 7) is 2.26. The number of carboxylic acid groups (broad SMARTS) is 1. The van der Waals surface area contributed by atoms with Gasteiger partial charge >= 0.3 is 5.97 Å². The van der Waals surface area contributed by atoms with Crippen LogP contribution in [0.15, 0.2) is 12.2 Å². The molecule has 1 N–H and O–H groups in total. The normalized spacial score (nSPS) is 12.3. The number of allylic oxidation sites excluding steroid dienone is 2. The molecule has 0 saturated carbocycles. The van der Waals surface area contributed by atoms with Crippen LogP contribution < -0.4 is 0 Å². The molecule has 0 aliphatic rings. The van der Waals surface area contributed by atoms with Gasteiger partial charge in [0, 0.05) is 37.7 Å². The fourth-order valence-electron chi connectivity index (χ4n) is 2.34. The zero-order chi connectivity index (χ0) is 15.8. The van der Waals surface area contributed by atoms with Gasteiger partial charge in [-0.1, -0.05) is 86.4 Å². The number of halogens is 1. The van der Waals surface area contributed by atoms with Crippen molar-refractivity contribution in [2.24, 2.45) is 0 Å². The number of unbranched alkanes of at least 4 members (excludes halogenated alkanes) is 10. The molecule has 4 heteroatoms. The Morgan fingerprint density at radius 3 is 1.86 bits per heavy atom. The van der Waals surface area contributed by atoms with Crippen molar-refractivity contribution in [2.45, 2.75) is 95.2 Å². The quantitative estimate of drug-likeness (QED) is 0.156. The topological polar surface area (TPSA) is 37.3 Å². The minimum Gasteiger partial charge on any atom is -0.480 e. The van der Waals surface area contributed by atoms with Crippen LogP contribution >= 0.6 is 15.9 Å². The van der Waals surface area contributed by atoms with Crippen LogP contribution in [-0.2, 0) is 4.79 Å². The first-order valence-corrected chi connectivity index (χ1v) is 9.62. The molecule has 0 bridgehead atoms. The number of hydrogen-bond donors (Lipinski definition) is 1. The Labute approximate surface area is 175 Å². The number of carboxylic acids is 1. The van der Waals surface area contributed by atoms with Crippen molar-refractivity contribution in [1.82, 2.24) is 0 Å². The first-order chi connectivity index (χ1) is 10.2. The van der Waals surface area contributed by atoms with Crippen LogP contribution in [0, 0.1) is 0 Å². The summed E-state index contributed by atoms with van der Waals surface area (Å²) in [5.74, 6) is -0.743. The fourth-order valence-corrected chi connectivity index (χ4v) is 2.66. The Morgan fingerprint density at radius 2 is 1.36 bits per heavy atom. The zero-order valence-corrected chi connectivity index (χ0v) is 18.2. The molecule has 0 fully saturated rings. The van der Waals surface area contributed by atoms with Gasteiger partial charge < -0.3 is 5.11 Å². The van der Waals surface area contributed by atoms with Crippen LogP contribution in [0.2, 0.25) is 0 Å². The molecule has 0 aliphatic carbocycles. The zero-order valence-electron chi connectivity index (χ0n) is 14.4. The predicted molar refractivity (Wildman–Crippen MR) is 101 cm³/mol. The van der Waals surface area contributed by atoms with E-state index in [1.807, 2.05) is 0 Å². The molecule has 0 spiro atoms. The van der Waals surface area contributed by atoms with Gasteiger partial charge in [0.25, 0.3) is 0 Å². The summed E-state index contributed by atoms with van der Waals surface area (Å²) < 4.78 is 0. The summed E-state index contributed by atoms with van der Waals surface area (Å²) in [6.07, 6.45) is 20.6. The van der Waals surface area contributed by atoms with Crippen molar-refractivity contribution in [3.63, 3.8) is 0 Å². The van der Waals surface area contributed by atoms with Gasteiger partial charge in [0.1, 0.15) is 4.83 Å². The standard InChI is InChI=1S/C18H33BrO2.Ca/c1-2-3-4-5-6-7-8-9-10-11-12-13-14-15-16-17(19)18(20)21;/h9-10,17H,2-8,11-16H2,1H3,(H,20,21);/b10-9-;. The molecule has 2 radical (unpaired) electrons. The third-order valence-corrected chi connectivity index (χ3v) is 4.59. The molecule has 2 nitrogen and oxygen atoms in total. The molecule has 0 aliphatic heterocycles. The van der Waals surface area contributed by atoms with Crippen LogP contribution in [0.3, 0.4) is 0 Å². The van der Waals surface area contributed by atoms with Crippen molar-refractivity contribution >= 4 is 59.6 Å². The van der Waals surface area contributed by atoms with E-state index >= 15 is 0 Å². The van der Waals surface area contributed by atoms with E-state index in [0.717, 1.165) is 19.3 Å². The third kappa shape index (κ3) is 19.0. The van der Waals surface area contributed by atoms with Gasteiger partial charge in [0.05, 0.1) is 0 Å². The summed E-state index contributed by atoms with van der Waals surface area (Å²) in [6, 6.07) is 0. The van der Waals surface area contributed by atoms with Gasteiger partial charge in [-0.25, -0.2) is 0 Å². The van der Waals surface area contributed by atoms with Crippen molar-refractivity contribution < 1.29 is 9.90 Å². The van der Waals surface area contributed by atoms with Crippen LogP contribution in [0.25, 0.3) is 0 Å². The average molecular weight is 401 g/mol. The monoisotopic (exact) mass is 400 g/mol. The first-order valence-electron chi connectivity index (χ1n) is 8.70. The van der Waals surface area contributed by atoms with E-state index in [4.69, 9.17) is 5.11 Å². The van der Waals surface area contributed by atoms with Crippen LogP contribution in [0.5, 0.6) is 0 Å². The smallest absolute Gasteiger partial charge is 0.317 e. The van der Waals surface area contributed by atoms with Gasteiger partial charge in [0.2, 0.25) is 0 Å². The SMILES string of the molecule is CCCCCCCC/C=C\CCCCCCC(Br)C(=O)O.[Ca]. The predicted octanol–water partition coefficient (Wildman–Crippen LogP) is 6.10. The molecule has 0 aromatic heterocycles. The van der Waals surface area contributed by atoms with Crippen LogP contribution in [0.4, 0.5) is 0 Å². The third-order valence-electron chi connectivity index (χ3n) is 3.74. The molecule has 0 aromatic carbocycles. The minimum atomic E-state index is -0.743. The number of aliphatic carboxylic acids is 1. The maximum absolute atomic E-state index is 10.6. The molecule has 22 heavy (non-hydrogen) atoms. The number of alkyl halides is 1. The Morgan fingerprint density at radius 1 is 0.909 bits per heavy atom. The Bertz CT molecular complexity index is 270. The fraction of sp³-hybridized carbons (Fsp3) is 0.833. The molecule has 0 amide bonds. The van der Waals surface area contributed by atoms with E-state index < -0.39 is 5.97 Å². The summed E-state index contributed by atoms with van der Waals surface area (Å²) in [4.78, 5) is 10.2. The largest absolute Gasteiger partial charge is 0.480 e. The number of hydrogen-bond acceptors (Lipinski definition) is 1. The second-order valence-electron chi connectivity index (χ2n) is 5.83. The summed E-state index contributed by atoms with van der Waals surface area (Å²) in [5.41, 5.74) is 0. The molecule has 126 valence electrons. The van der Waals surface area contributed by atoms with E-state index in [9.17, 15) is 4.79 Å². The molecule has 1 unspecified atom stereocenters. The minimum absolute atomic E-state index is 0. The molecular formula is C18H33BrCaO2. The van der Waals surface area contributed by atoms with Crippen molar-refractivity contribution in [1.29, 1.82) is 0 Å². The second-order valence-corrected chi connectivity index (χ2v) is 6.93. The van der Waals surface area contributed by atoms with E-state index in [1.54, 1.807) is 0 Å². The maximum Gasteiger partial charge on any atom is 0.317 e. The summed E-state index contributed by atoms with van der Waals surface area (Å²) in [5, 5.41) is 8.73. The van der Waals surface area contributed by atoms with Crippen LogP contribution in [0.1, 0.15) is 90.4 Å². The van der Waals surface area contributed by atoms with Crippen molar-refractivity contribution in [2.75, 3.05) is 0 Å². The van der Waals surface area contributed by atoms with E-state index in [0.29, 0.717) is 0 Å². The Hall–Kier alpha value is 0.950. The van der Waals surface area contributed by atoms with Gasteiger partial charge in [0.15, 0.2) is 0 Å². The molecule has 0 aromatic rings. The van der Waals surface area contributed by atoms with Crippen molar-refractivity contribution in [3.8, 4) is 0 Å². The summed E-state index contributed by atoms with van der Waals surface area (Å²) >= 11 is 3.17. The Kier molecular flexibility index (Phi) is 22.9. The van der Waals surface area contributed by atoms with Gasteiger partial charge in [-0.05, 0) is 32.1 Å². The van der Waals surface area contributed by atoms with Gasteiger partial charge in [-0.15, -0.1) is 0 Å². The van der Waals surface area contributed by atoms with E-state index in [2.05, 4.69) is 35.0 Å². The van der Waals surface area contributed by atoms with Gasteiger partial charge in [-0.2, -0.15) is 0 Å². The second kappa shape index (κ2) is 20.0. The van der Waals surface area contributed by atoms with Crippen molar-refractivity contribution in [3.05, 3.63) is 12.2 Å². The molecule has 1 atom stereocenters. The van der Waals surface area contributed by atoms with E-state index in [-0.39, 0.29) is 42.6 Å². The summed E-state index contributed by atoms with van der Waals surface area (Å²) in [7, 11) is 0. The first kappa shape index (κ1) is 25.2. The number of rotatable bonds is 15. The average Bonchev–Trinajstić information content (AvgIpc) is 2.47. The molecular weight excluding hydrogens is 368 g/mol. The number of carbonyl (C=O) groups is 1. The molecule has 0 saturated heterocycles. The van der Waals surface area contributed by atoms with Gasteiger partial charge in [-0.3, -0.25) is 4.79 Å². The Balaban J connectivity index is 0. The maximum atomic E-state index is 10.6. The van der Waals surface area contributed by atoms with E-state index in [1.165, 1.54) is 64.2 Å². The molecule has 0 rings (SSSR count).